The van der Waals surface area contributed by atoms with Gasteiger partial charge in [-0.2, -0.15) is 14.4 Å². The molecule has 1 fully saturated rings. The van der Waals surface area contributed by atoms with Crippen LogP contribution in [0.4, 0.5) is 10.2 Å². The maximum absolute atomic E-state index is 13.7. The van der Waals surface area contributed by atoms with Crippen molar-refractivity contribution < 1.29 is 27.7 Å². The number of nitrogens with two attached hydrogens (primary N) is 1. The number of esters is 1. The number of nitrogens with one attached hydrogen (secondary N) is 1. The topological polar surface area (TPSA) is 143 Å². The number of carbonyl (C=O) groups excluding carboxylic acids is 1. The number of unbranched alkanes of at least 4 members (excludes halogenated alkanes) is 14. The van der Waals surface area contributed by atoms with Crippen LogP contribution in [0.2, 0.25) is 0 Å². The molecule has 0 aliphatic carbocycles. The van der Waals surface area contributed by atoms with Gasteiger partial charge in [0.2, 0.25) is 0 Å². The number of hydrogen-bond donors (Lipinski definition) is 2. The summed E-state index contributed by atoms with van der Waals surface area (Å²) in [5, 5.41) is 2.71. The minimum Gasteiger partial charge on any atom is -0.465 e. The first kappa shape index (κ1) is 36.3. The summed E-state index contributed by atoms with van der Waals surface area (Å²) >= 11 is 0. The molecule has 11 nitrogen and oxygen atoms in total. The molecule has 3 heterocycles. The molecule has 1 saturated heterocycles. The Hall–Kier alpha value is -2.14. The van der Waals surface area contributed by atoms with Crippen molar-refractivity contribution in [3.63, 3.8) is 0 Å². The number of carbonyl (C=O) groups is 1. The minimum atomic E-state index is -2.72. The maximum Gasteiger partial charge on any atom is 0.323 e. The van der Waals surface area contributed by atoms with E-state index < -0.39 is 38.1 Å². The molecule has 2 aromatic heterocycles. The predicted molar refractivity (Wildman–Crippen MR) is 171 cm³/mol. The average molecular weight is 641 g/mol. The second-order valence-corrected chi connectivity index (χ2v) is 13.5. The Morgan fingerprint density at radius 1 is 1.09 bits per heavy atom. The van der Waals surface area contributed by atoms with Gasteiger partial charge in [0.05, 0.1) is 25.1 Å². The summed E-state index contributed by atoms with van der Waals surface area (Å²) in [4.78, 5) is 23.8. The molecule has 0 aromatic carbocycles. The number of nitrogen functional groups attached to an aromatic ring is 1. The summed E-state index contributed by atoms with van der Waals surface area (Å²) in [6.45, 7) is 6.13. The zero-order valence-corrected chi connectivity index (χ0v) is 28.0. The van der Waals surface area contributed by atoms with Crippen molar-refractivity contribution in [1.29, 1.82) is 0 Å². The van der Waals surface area contributed by atoms with E-state index in [9.17, 15) is 13.8 Å². The van der Waals surface area contributed by atoms with Crippen molar-refractivity contribution in [2.45, 2.75) is 148 Å². The van der Waals surface area contributed by atoms with Crippen LogP contribution in [0, 0.1) is 6.08 Å². The van der Waals surface area contributed by atoms with Crippen LogP contribution in [0.3, 0.4) is 0 Å². The van der Waals surface area contributed by atoms with Crippen molar-refractivity contribution in [3.8, 4) is 0 Å². The monoisotopic (exact) mass is 640 g/mol. The number of ether oxygens (including phenoxy) is 2. The van der Waals surface area contributed by atoms with Crippen LogP contribution in [-0.4, -0.2) is 50.3 Å². The van der Waals surface area contributed by atoms with Gasteiger partial charge in [-0.3, -0.25) is 13.9 Å². The Bertz CT molecular complexity index is 1170. The molecule has 1 aliphatic rings. The number of rotatable bonds is 23. The van der Waals surface area contributed by atoms with E-state index in [1.807, 2.05) is 6.92 Å². The van der Waals surface area contributed by atoms with Crippen LogP contribution < -0.4 is 10.8 Å². The molecule has 4 atom stereocenters. The van der Waals surface area contributed by atoms with Crippen molar-refractivity contribution in [1.82, 2.24) is 24.6 Å². The fourth-order valence-electron chi connectivity index (χ4n) is 5.57. The summed E-state index contributed by atoms with van der Waals surface area (Å²) in [7, 11) is -2.72. The molecule has 2 aromatic rings. The zero-order chi connectivity index (χ0) is 31.8. The standard InChI is InChI=1S/C31H54FN6O5P/c1-4-5-6-7-8-9-10-11-12-13-14-15-16-17-18-21-41-29(39)24(2)37-44(40)42-22-31(3)20-19-25(43-31)38-23-34-26-27(33)35-30(32)36-28(26)38/h23-25,44H,4-22H2,1-3H3,(H,37,40)(H2,33,35,36)/t24-,25+,31-/m0/s1. The lowest BCUT2D eigenvalue weighted by atomic mass is 10.0. The molecule has 0 radical (unpaired) electrons. The highest BCUT2D eigenvalue weighted by molar-refractivity contribution is 7.36. The average Bonchev–Trinajstić information content (AvgIpc) is 3.59. The Labute approximate surface area is 262 Å². The first-order valence-electron chi connectivity index (χ1n) is 16.7. The summed E-state index contributed by atoms with van der Waals surface area (Å²) in [5.74, 6) is -0.483. The first-order chi connectivity index (χ1) is 21.2. The zero-order valence-electron chi connectivity index (χ0n) is 27.0. The van der Waals surface area contributed by atoms with Crippen molar-refractivity contribution in [3.05, 3.63) is 12.4 Å². The van der Waals surface area contributed by atoms with E-state index in [4.69, 9.17) is 19.7 Å². The third-order valence-electron chi connectivity index (χ3n) is 8.26. The SMILES string of the molecule is CCCCCCCCCCCCCCCCCOC(=O)[C@H](C)N[PH](=O)OC[C@]1(C)CC[C@H](n2cnc3c(N)nc(F)nc32)O1. The molecule has 250 valence electrons. The number of nitrogens with zero attached hydrogens (tertiary/aromatic N) is 4. The number of halogens is 1. The largest absolute Gasteiger partial charge is 0.465 e. The minimum absolute atomic E-state index is 0.0394. The van der Waals surface area contributed by atoms with E-state index in [-0.39, 0.29) is 18.1 Å². The number of anilines is 1. The molecular weight excluding hydrogens is 586 g/mol. The number of imidazole rings is 1. The Balaban J connectivity index is 1.20. The van der Waals surface area contributed by atoms with Gasteiger partial charge in [0, 0.05) is 0 Å². The lowest BCUT2D eigenvalue weighted by molar-refractivity contribution is -0.145. The summed E-state index contributed by atoms with van der Waals surface area (Å²) in [6, 6.07) is -0.750. The van der Waals surface area contributed by atoms with Gasteiger partial charge >= 0.3 is 12.0 Å². The van der Waals surface area contributed by atoms with Gasteiger partial charge in [0.25, 0.3) is 8.18 Å². The third-order valence-corrected chi connectivity index (χ3v) is 9.34. The molecule has 3 rings (SSSR count). The summed E-state index contributed by atoms with van der Waals surface area (Å²) in [5.41, 5.74) is 5.56. The van der Waals surface area contributed by atoms with Gasteiger partial charge in [-0.15, -0.1) is 0 Å². The van der Waals surface area contributed by atoms with Crippen LogP contribution in [-0.2, 0) is 23.4 Å². The Morgan fingerprint density at radius 2 is 1.68 bits per heavy atom. The first-order valence-corrected chi connectivity index (χ1v) is 18.0. The van der Waals surface area contributed by atoms with Gasteiger partial charge in [0.1, 0.15) is 12.3 Å². The predicted octanol–water partition coefficient (Wildman–Crippen LogP) is 7.41. The van der Waals surface area contributed by atoms with Crippen LogP contribution >= 0.6 is 8.18 Å². The number of aromatic nitrogens is 4. The van der Waals surface area contributed by atoms with Crippen molar-refractivity contribution in [2.24, 2.45) is 0 Å². The van der Waals surface area contributed by atoms with Gasteiger partial charge in [-0.05, 0) is 33.1 Å². The maximum atomic E-state index is 13.7. The lowest BCUT2D eigenvalue weighted by Gasteiger charge is -2.25. The smallest absolute Gasteiger partial charge is 0.323 e. The highest BCUT2D eigenvalue weighted by Gasteiger charge is 2.38. The molecule has 0 amide bonds. The van der Waals surface area contributed by atoms with Gasteiger partial charge in [-0.1, -0.05) is 96.8 Å². The lowest BCUT2D eigenvalue weighted by Crippen LogP contribution is -2.33. The Morgan fingerprint density at radius 3 is 2.30 bits per heavy atom. The Kier molecular flexibility index (Phi) is 16.0. The van der Waals surface area contributed by atoms with Crippen molar-refractivity contribution in [2.75, 3.05) is 18.9 Å². The molecule has 0 saturated carbocycles. The van der Waals surface area contributed by atoms with E-state index in [0.717, 1.165) is 19.3 Å². The van der Waals surface area contributed by atoms with E-state index in [2.05, 4.69) is 27.0 Å². The fourth-order valence-corrected chi connectivity index (χ4v) is 6.56. The molecule has 3 N–H and O–H groups in total. The molecule has 44 heavy (non-hydrogen) atoms. The van der Waals surface area contributed by atoms with Crippen LogP contribution in [0.25, 0.3) is 11.2 Å². The molecular formula is C31H54FN6O5P. The van der Waals surface area contributed by atoms with E-state index in [0.29, 0.717) is 25.0 Å². The molecule has 1 unspecified atom stereocenters. The van der Waals surface area contributed by atoms with Crippen LogP contribution in [0.1, 0.15) is 136 Å². The summed E-state index contributed by atoms with van der Waals surface area (Å²) in [6.07, 6.45) is 20.5. The van der Waals surface area contributed by atoms with Gasteiger partial charge in [0.15, 0.2) is 17.0 Å². The highest BCUT2D eigenvalue weighted by Crippen LogP contribution is 2.39. The van der Waals surface area contributed by atoms with Crippen LogP contribution in [0.15, 0.2) is 6.33 Å². The van der Waals surface area contributed by atoms with Gasteiger partial charge < -0.3 is 19.7 Å². The van der Waals surface area contributed by atoms with E-state index in [1.54, 1.807) is 11.5 Å². The number of hydrogen-bond acceptors (Lipinski definition) is 9. The second-order valence-electron chi connectivity index (χ2n) is 12.3. The highest BCUT2D eigenvalue weighted by atomic mass is 31.1. The molecule has 0 spiro atoms. The van der Waals surface area contributed by atoms with E-state index >= 15 is 0 Å². The molecule has 1 aliphatic heterocycles. The molecule has 0 bridgehead atoms. The fraction of sp³-hybridized carbons (Fsp3) is 0.806. The van der Waals surface area contributed by atoms with E-state index in [1.165, 1.54) is 83.4 Å². The third kappa shape index (κ3) is 12.3. The van der Waals surface area contributed by atoms with Gasteiger partial charge in [-0.25, -0.2) is 10.1 Å². The quantitative estimate of drug-likeness (QED) is 0.0545. The summed E-state index contributed by atoms with van der Waals surface area (Å²) < 4.78 is 44.9. The normalized spacial score (nSPS) is 19.9. The molecule has 13 heteroatoms. The van der Waals surface area contributed by atoms with Crippen LogP contribution in [0.5, 0.6) is 0 Å². The number of fused-ring (bicyclic) bond motifs is 1. The van der Waals surface area contributed by atoms with Crippen molar-refractivity contribution >= 4 is 31.1 Å². The second kappa shape index (κ2) is 19.4.